The zero-order valence-corrected chi connectivity index (χ0v) is 8.10. The van der Waals surface area contributed by atoms with Gasteiger partial charge in [-0.05, 0) is 18.9 Å². The molecule has 1 N–H and O–H groups in total. The Morgan fingerprint density at radius 3 is 2.77 bits per heavy atom. The molecule has 0 unspecified atom stereocenters. The van der Waals surface area contributed by atoms with Gasteiger partial charge in [-0.15, -0.1) is 11.3 Å². The summed E-state index contributed by atoms with van der Waals surface area (Å²) in [5, 5.41) is 19.8. The Balaban J connectivity index is 2.29. The highest BCUT2D eigenvalue weighted by atomic mass is 32.1. The number of nitrogens with zero attached hydrogens (tertiary/aromatic N) is 1. The molecule has 3 heteroatoms. The second kappa shape index (κ2) is 3.13. The normalized spacial score (nSPS) is 19.1. The van der Waals surface area contributed by atoms with Crippen LogP contribution in [0.4, 0.5) is 0 Å². The van der Waals surface area contributed by atoms with Crippen LogP contribution in [0.3, 0.4) is 0 Å². The molecule has 1 aromatic heterocycles. The first-order chi connectivity index (χ1) is 6.30. The van der Waals surface area contributed by atoms with Gasteiger partial charge >= 0.3 is 0 Å². The molecule has 1 aliphatic rings. The molecule has 2 nitrogen and oxygen atoms in total. The SMILES string of the molecule is N#Cc1csc(C2(CO)CCC2)c1. The summed E-state index contributed by atoms with van der Waals surface area (Å²) in [6.07, 6.45) is 3.32. The predicted octanol–water partition coefficient (Wildman–Crippen LogP) is 2.03. The van der Waals surface area contributed by atoms with Crippen molar-refractivity contribution in [3.05, 3.63) is 21.9 Å². The maximum absolute atomic E-state index is 9.30. The number of hydrogen-bond donors (Lipinski definition) is 1. The van der Waals surface area contributed by atoms with Crippen molar-refractivity contribution in [2.45, 2.75) is 24.7 Å². The maximum atomic E-state index is 9.30. The Hall–Kier alpha value is -0.850. The van der Waals surface area contributed by atoms with Gasteiger partial charge in [0.15, 0.2) is 0 Å². The highest BCUT2D eigenvalue weighted by Gasteiger charge is 2.39. The van der Waals surface area contributed by atoms with Gasteiger partial charge in [-0.3, -0.25) is 0 Å². The molecule has 1 aromatic rings. The summed E-state index contributed by atoms with van der Waals surface area (Å²) in [7, 11) is 0. The van der Waals surface area contributed by atoms with Gasteiger partial charge in [0.2, 0.25) is 0 Å². The molecule has 0 amide bonds. The lowest BCUT2D eigenvalue weighted by Gasteiger charge is -2.39. The lowest BCUT2D eigenvalue weighted by atomic mass is 9.68. The molecule has 0 bridgehead atoms. The minimum absolute atomic E-state index is 0.000231. The molecule has 1 aliphatic carbocycles. The van der Waals surface area contributed by atoms with Gasteiger partial charge in [-0.1, -0.05) is 6.42 Å². The van der Waals surface area contributed by atoms with Gasteiger partial charge in [-0.2, -0.15) is 5.26 Å². The number of aliphatic hydroxyl groups is 1. The first-order valence-electron chi connectivity index (χ1n) is 4.41. The van der Waals surface area contributed by atoms with Crippen LogP contribution in [-0.4, -0.2) is 11.7 Å². The van der Waals surface area contributed by atoms with Crippen LogP contribution in [0.15, 0.2) is 11.4 Å². The van der Waals surface area contributed by atoms with Gasteiger partial charge < -0.3 is 5.11 Å². The molecule has 0 radical (unpaired) electrons. The summed E-state index contributed by atoms with van der Waals surface area (Å²) in [4.78, 5) is 1.18. The van der Waals surface area contributed by atoms with E-state index >= 15 is 0 Å². The van der Waals surface area contributed by atoms with E-state index in [1.165, 1.54) is 11.3 Å². The fraction of sp³-hybridized carbons (Fsp3) is 0.500. The highest BCUT2D eigenvalue weighted by Crippen LogP contribution is 2.45. The first-order valence-corrected chi connectivity index (χ1v) is 5.29. The average Bonchev–Trinajstić information content (AvgIpc) is 2.52. The molecule has 0 atom stereocenters. The number of hydrogen-bond acceptors (Lipinski definition) is 3. The van der Waals surface area contributed by atoms with E-state index in [1.54, 1.807) is 11.3 Å². The van der Waals surface area contributed by atoms with E-state index in [1.807, 2.05) is 11.4 Å². The van der Waals surface area contributed by atoms with Gasteiger partial charge in [0.05, 0.1) is 12.2 Å². The Bertz CT molecular complexity index is 341. The number of rotatable bonds is 2. The topological polar surface area (TPSA) is 44.0 Å². The van der Waals surface area contributed by atoms with Crippen molar-refractivity contribution < 1.29 is 5.11 Å². The second-order valence-electron chi connectivity index (χ2n) is 3.60. The lowest BCUT2D eigenvalue weighted by molar-refractivity contribution is 0.123. The Kier molecular flexibility index (Phi) is 2.10. The minimum Gasteiger partial charge on any atom is -0.395 e. The summed E-state index contributed by atoms with van der Waals surface area (Å²) in [5.74, 6) is 0. The van der Waals surface area contributed by atoms with Crippen molar-refractivity contribution >= 4 is 11.3 Å². The molecule has 0 aliphatic heterocycles. The molecular formula is C10H11NOS. The highest BCUT2D eigenvalue weighted by molar-refractivity contribution is 7.10. The van der Waals surface area contributed by atoms with Crippen molar-refractivity contribution in [2.75, 3.05) is 6.61 Å². The summed E-state index contributed by atoms with van der Waals surface area (Å²) < 4.78 is 0. The molecule has 2 rings (SSSR count). The van der Waals surface area contributed by atoms with Crippen molar-refractivity contribution in [1.29, 1.82) is 5.26 Å². The number of thiophene rings is 1. The smallest absolute Gasteiger partial charge is 0.100 e. The predicted molar refractivity (Wildman–Crippen MR) is 51.6 cm³/mol. The van der Waals surface area contributed by atoms with Crippen molar-refractivity contribution in [3.63, 3.8) is 0 Å². The van der Waals surface area contributed by atoms with Crippen LogP contribution in [0.25, 0.3) is 0 Å². The zero-order valence-electron chi connectivity index (χ0n) is 7.29. The van der Waals surface area contributed by atoms with Gasteiger partial charge in [0.1, 0.15) is 6.07 Å². The Labute approximate surface area is 81.4 Å². The second-order valence-corrected chi connectivity index (χ2v) is 4.51. The Morgan fingerprint density at radius 2 is 2.38 bits per heavy atom. The summed E-state index contributed by atoms with van der Waals surface area (Å²) >= 11 is 1.60. The molecule has 1 fully saturated rings. The van der Waals surface area contributed by atoms with Crippen molar-refractivity contribution in [1.82, 2.24) is 0 Å². The fourth-order valence-corrected chi connectivity index (χ4v) is 2.85. The monoisotopic (exact) mass is 193 g/mol. The molecule has 68 valence electrons. The summed E-state index contributed by atoms with van der Waals surface area (Å²) in [6.45, 7) is 0.221. The van der Waals surface area contributed by atoms with Crippen LogP contribution in [0, 0.1) is 11.3 Å². The summed E-state index contributed by atoms with van der Waals surface area (Å²) in [6, 6.07) is 4.04. The third-order valence-corrected chi connectivity index (χ3v) is 4.04. The lowest BCUT2D eigenvalue weighted by Crippen LogP contribution is -2.36. The minimum atomic E-state index is -0.000231. The number of nitriles is 1. The van der Waals surface area contributed by atoms with E-state index in [9.17, 15) is 5.11 Å². The van der Waals surface area contributed by atoms with Crippen LogP contribution in [0.1, 0.15) is 29.7 Å². The van der Waals surface area contributed by atoms with Gasteiger partial charge in [-0.25, -0.2) is 0 Å². The van der Waals surface area contributed by atoms with Crippen molar-refractivity contribution in [2.24, 2.45) is 0 Å². The summed E-state index contributed by atoms with van der Waals surface area (Å²) in [5.41, 5.74) is 0.722. The molecule has 0 saturated heterocycles. The standard InChI is InChI=1S/C10H11NOS/c11-5-8-4-9(13-6-8)10(7-12)2-1-3-10/h4,6,12H,1-3,7H2. The fourth-order valence-electron chi connectivity index (χ4n) is 1.76. The molecule has 1 heterocycles. The van der Waals surface area contributed by atoms with E-state index in [2.05, 4.69) is 6.07 Å². The first kappa shape index (κ1) is 8.74. The van der Waals surface area contributed by atoms with Crippen molar-refractivity contribution in [3.8, 4) is 6.07 Å². The van der Waals surface area contributed by atoms with Crippen LogP contribution in [0.5, 0.6) is 0 Å². The average molecular weight is 193 g/mol. The quantitative estimate of drug-likeness (QED) is 0.781. The third-order valence-electron chi connectivity index (χ3n) is 2.86. The number of aliphatic hydroxyl groups excluding tert-OH is 1. The molecule has 0 spiro atoms. The molecule has 0 aromatic carbocycles. The van der Waals surface area contributed by atoms with Crippen LogP contribution in [0.2, 0.25) is 0 Å². The van der Waals surface area contributed by atoms with Gasteiger partial charge in [0, 0.05) is 15.7 Å². The van der Waals surface area contributed by atoms with E-state index in [-0.39, 0.29) is 12.0 Å². The van der Waals surface area contributed by atoms with Crippen LogP contribution >= 0.6 is 11.3 Å². The van der Waals surface area contributed by atoms with Crippen LogP contribution < -0.4 is 0 Å². The van der Waals surface area contributed by atoms with Gasteiger partial charge in [0.25, 0.3) is 0 Å². The third kappa shape index (κ3) is 1.27. The Morgan fingerprint density at radius 1 is 1.62 bits per heavy atom. The molecule has 1 saturated carbocycles. The largest absolute Gasteiger partial charge is 0.395 e. The molecule has 13 heavy (non-hydrogen) atoms. The maximum Gasteiger partial charge on any atom is 0.100 e. The van der Waals surface area contributed by atoms with E-state index < -0.39 is 0 Å². The van der Waals surface area contributed by atoms with E-state index in [0.717, 1.165) is 18.4 Å². The van der Waals surface area contributed by atoms with E-state index in [4.69, 9.17) is 5.26 Å². The molecular weight excluding hydrogens is 182 g/mol. The zero-order chi connectivity index (χ0) is 9.31. The van der Waals surface area contributed by atoms with Crippen LogP contribution in [-0.2, 0) is 5.41 Å². The van der Waals surface area contributed by atoms with E-state index in [0.29, 0.717) is 0 Å².